The van der Waals surface area contributed by atoms with Crippen molar-refractivity contribution in [3.05, 3.63) is 24.0 Å². The summed E-state index contributed by atoms with van der Waals surface area (Å²) in [5.74, 6) is 0.0632. The first-order valence-electron chi connectivity index (χ1n) is 7.84. The summed E-state index contributed by atoms with van der Waals surface area (Å²) < 4.78 is 13.2. The van der Waals surface area contributed by atoms with Crippen molar-refractivity contribution in [1.82, 2.24) is 15.1 Å². The summed E-state index contributed by atoms with van der Waals surface area (Å²) in [5.41, 5.74) is 0.581. The van der Waals surface area contributed by atoms with Crippen LogP contribution in [-0.2, 0) is 4.79 Å². The van der Waals surface area contributed by atoms with Crippen LogP contribution in [-0.4, -0.2) is 40.1 Å². The molecule has 2 N–H and O–H groups in total. The lowest BCUT2D eigenvalue weighted by Crippen LogP contribution is -2.42. The van der Waals surface area contributed by atoms with Crippen molar-refractivity contribution in [3.8, 4) is 0 Å². The molecule has 3 rings (SSSR count). The normalized spacial score (nSPS) is 18.1. The Labute approximate surface area is 128 Å². The zero-order valence-corrected chi connectivity index (χ0v) is 12.7. The van der Waals surface area contributed by atoms with Crippen LogP contribution in [0.15, 0.2) is 18.2 Å². The first-order chi connectivity index (χ1) is 10.6. The Balaban J connectivity index is 1.72. The topological polar surface area (TPSA) is 61.0 Å². The summed E-state index contributed by atoms with van der Waals surface area (Å²) in [6.45, 7) is 3.84. The molecule has 2 heterocycles. The van der Waals surface area contributed by atoms with Gasteiger partial charge in [-0.15, -0.1) is 0 Å². The molecule has 0 aliphatic carbocycles. The van der Waals surface area contributed by atoms with E-state index in [1.165, 1.54) is 25.0 Å². The van der Waals surface area contributed by atoms with Gasteiger partial charge in [-0.3, -0.25) is 14.8 Å². The van der Waals surface area contributed by atoms with E-state index < -0.39 is 0 Å². The number of anilines is 1. The van der Waals surface area contributed by atoms with Crippen LogP contribution in [0.5, 0.6) is 0 Å². The highest BCUT2D eigenvalue weighted by atomic mass is 19.1. The number of carbonyl (C=O) groups is 1. The van der Waals surface area contributed by atoms with Gasteiger partial charge in [0, 0.05) is 5.39 Å². The number of carbonyl (C=O) groups excluding carboxylic acids is 1. The van der Waals surface area contributed by atoms with Crippen molar-refractivity contribution >= 4 is 22.6 Å². The first-order valence-corrected chi connectivity index (χ1v) is 7.84. The number of fused-ring (bicyclic) bond motifs is 1. The number of nitrogens with one attached hydrogen (secondary N) is 2. The molecule has 0 bridgehead atoms. The molecule has 1 unspecified atom stereocenters. The van der Waals surface area contributed by atoms with Crippen LogP contribution in [0.25, 0.3) is 10.9 Å². The summed E-state index contributed by atoms with van der Waals surface area (Å²) in [6.07, 6.45) is 4.76. The van der Waals surface area contributed by atoms with Crippen LogP contribution in [0.4, 0.5) is 10.2 Å². The van der Waals surface area contributed by atoms with Crippen molar-refractivity contribution in [2.75, 3.05) is 18.4 Å². The maximum Gasteiger partial charge on any atom is 0.242 e. The molecule has 1 amide bonds. The predicted octanol–water partition coefficient (Wildman–Crippen LogP) is 2.91. The fourth-order valence-electron chi connectivity index (χ4n) is 2.96. The Morgan fingerprint density at radius 2 is 2.05 bits per heavy atom. The zero-order valence-electron chi connectivity index (χ0n) is 12.7. The first kappa shape index (κ1) is 15.0. The molecule has 1 saturated heterocycles. The molecule has 0 spiro atoms. The highest BCUT2D eigenvalue weighted by Gasteiger charge is 2.23. The summed E-state index contributed by atoms with van der Waals surface area (Å²) in [7, 11) is 0. The fourth-order valence-corrected chi connectivity index (χ4v) is 2.96. The number of H-pyrrole nitrogens is 1. The van der Waals surface area contributed by atoms with Crippen LogP contribution in [0.1, 0.15) is 32.6 Å². The van der Waals surface area contributed by atoms with Gasteiger partial charge >= 0.3 is 0 Å². The van der Waals surface area contributed by atoms with E-state index in [9.17, 15) is 9.18 Å². The maximum atomic E-state index is 13.2. The van der Waals surface area contributed by atoms with Gasteiger partial charge in [-0.25, -0.2) is 4.39 Å². The number of nitrogens with zero attached hydrogens (tertiary/aromatic N) is 2. The quantitative estimate of drug-likeness (QED) is 0.916. The van der Waals surface area contributed by atoms with Gasteiger partial charge < -0.3 is 5.32 Å². The van der Waals surface area contributed by atoms with Gasteiger partial charge in [0.1, 0.15) is 5.82 Å². The van der Waals surface area contributed by atoms with Gasteiger partial charge in [0.2, 0.25) is 5.91 Å². The predicted molar refractivity (Wildman–Crippen MR) is 84.2 cm³/mol. The third-order valence-corrected chi connectivity index (χ3v) is 4.33. The van der Waals surface area contributed by atoms with Gasteiger partial charge in [0.05, 0.1) is 11.6 Å². The molecular weight excluding hydrogens is 283 g/mol. The molecule has 22 heavy (non-hydrogen) atoms. The second-order valence-corrected chi connectivity index (χ2v) is 5.88. The van der Waals surface area contributed by atoms with Crippen LogP contribution < -0.4 is 5.32 Å². The molecule has 1 atom stereocenters. The molecule has 0 saturated carbocycles. The second-order valence-electron chi connectivity index (χ2n) is 5.88. The number of benzene rings is 1. The van der Waals surface area contributed by atoms with Gasteiger partial charge in [-0.05, 0) is 51.1 Å². The standard InChI is InChI=1S/C16H21FN4O/c1-11(21-8-4-2-3-5-9-21)16(22)18-15-13-7-6-12(17)10-14(13)19-20-15/h6-7,10-11H,2-5,8-9H2,1H3,(H2,18,19,20,22). The smallest absolute Gasteiger partial charge is 0.242 e. The number of rotatable bonds is 3. The highest BCUT2D eigenvalue weighted by molar-refractivity contribution is 6.01. The number of likely N-dealkylation sites (tertiary alicyclic amines) is 1. The Morgan fingerprint density at radius 1 is 1.32 bits per heavy atom. The van der Waals surface area contributed by atoms with E-state index in [0.29, 0.717) is 11.3 Å². The lowest BCUT2D eigenvalue weighted by Gasteiger charge is -2.26. The zero-order chi connectivity index (χ0) is 15.5. The van der Waals surface area contributed by atoms with E-state index in [1.54, 1.807) is 6.07 Å². The van der Waals surface area contributed by atoms with E-state index >= 15 is 0 Å². The second kappa shape index (κ2) is 6.44. The van der Waals surface area contributed by atoms with Crippen LogP contribution >= 0.6 is 0 Å². The number of hydrogen-bond donors (Lipinski definition) is 2. The van der Waals surface area contributed by atoms with Crippen molar-refractivity contribution < 1.29 is 9.18 Å². The average Bonchev–Trinajstić information content (AvgIpc) is 2.74. The largest absolute Gasteiger partial charge is 0.307 e. The molecule has 1 aromatic carbocycles. The number of aromatic nitrogens is 2. The SMILES string of the molecule is CC(C(=O)Nc1n[nH]c2cc(F)ccc12)N1CCCCCC1. The van der Waals surface area contributed by atoms with Gasteiger partial charge in [0.25, 0.3) is 0 Å². The minimum Gasteiger partial charge on any atom is -0.307 e. The molecule has 0 radical (unpaired) electrons. The Kier molecular flexibility index (Phi) is 4.38. The monoisotopic (exact) mass is 304 g/mol. The molecule has 1 aliphatic rings. The van der Waals surface area contributed by atoms with Crippen LogP contribution in [0.2, 0.25) is 0 Å². The summed E-state index contributed by atoms with van der Waals surface area (Å²) in [5, 5.41) is 10.4. The maximum absolute atomic E-state index is 13.2. The molecule has 1 fully saturated rings. The summed E-state index contributed by atoms with van der Waals surface area (Å²) in [4.78, 5) is 14.7. The average molecular weight is 304 g/mol. The number of aromatic amines is 1. The van der Waals surface area contributed by atoms with Crippen molar-refractivity contribution in [2.24, 2.45) is 0 Å². The van der Waals surface area contributed by atoms with Crippen molar-refractivity contribution in [1.29, 1.82) is 0 Å². The lowest BCUT2D eigenvalue weighted by atomic mass is 10.2. The molecule has 118 valence electrons. The lowest BCUT2D eigenvalue weighted by molar-refractivity contribution is -0.120. The molecular formula is C16H21FN4O. The minimum atomic E-state index is -0.327. The van der Waals surface area contributed by atoms with Crippen molar-refractivity contribution in [3.63, 3.8) is 0 Å². The van der Waals surface area contributed by atoms with Gasteiger partial charge in [-0.2, -0.15) is 5.10 Å². The Hall–Kier alpha value is -1.95. The van der Waals surface area contributed by atoms with Gasteiger partial charge in [-0.1, -0.05) is 12.8 Å². The van der Waals surface area contributed by atoms with E-state index in [0.717, 1.165) is 31.3 Å². The van der Waals surface area contributed by atoms with Crippen LogP contribution in [0.3, 0.4) is 0 Å². The number of amides is 1. The van der Waals surface area contributed by atoms with E-state index in [4.69, 9.17) is 0 Å². The van der Waals surface area contributed by atoms with Crippen LogP contribution in [0, 0.1) is 5.82 Å². The molecule has 6 heteroatoms. The number of hydrogen-bond acceptors (Lipinski definition) is 3. The Morgan fingerprint density at radius 3 is 2.77 bits per heavy atom. The summed E-state index contributed by atoms with van der Waals surface area (Å²) in [6, 6.07) is 4.17. The van der Waals surface area contributed by atoms with E-state index in [1.807, 2.05) is 6.92 Å². The van der Waals surface area contributed by atoms with Crippen molar-refractivity contribution in [2.45, 2.75) is 38.6 Å². The fraction of sp³-hybridized carbons (Fsp3) is 0.500. The molecule has 2 aromatic rings. The molecule has 5 nitrogen and oxygen atoms in total. The third kappa shape index (κ3) is 3.11. The van der Waals surface area contributed by atoms with Gasteiger partial charge in [0.15, 0.2) is 5.82 Å². The van der Waals surface area contributed by atoms with E-state index in [-0.39, 0.29) is 17.8 Å². The third-order valence-electron chi connectivity index (χ3n) is 4.33. The molecule has 1 aromatic heterocycles. The minimum absolute atomic E-state index is 0.0698. The highest BCUT2D eigenvalue weighted by Crippen LogP contribution is 2.21. The Bertz CT molecular complexity index is 661. The summed E-state index contributed by atoms with van der Waals surface area (Å²) >= 11 is 0. The molecule has 1 aliphatic heterocycles. The number of halogens is 1. The van der Waals surface area contributed by atoms with E-state index in [2.05, 4.69) is 20.4 Å².